The first-order valence-electron chi connectivity index (χ1n) is 8.03. The molecule has 5 nitrogen and oxygen atoms in total. The van der Waals surface area contributed by atoms with Crippen molar-refractivity contribution in [2.75, 3.05) is 6.54 Å². The van der Waals surface area contributed by atoms with E-state index in [2.05, 4.69) is 20.9 Å². The summed E-state index contributed by atoms with van der Waals surface area (Å²) in [5.74, 6) is 0.0248. The Kier molecular flexibility index (Phi) is 4.17. The van der Waals surface area contributed by atoms with Crippen LogP contribution in [0.1, 0.15) is 45.6 Å². The Morgan fingerprint density at radius 1 is 1.48 bits per heavy atom. The molecule has 2 heterocycles. The number of hydrogen-bond donors (Lipinski definition) is 1. The van der Waals surface area contributed by atoms with Gasteiger partial charge in [-0.1, -0.05) is 6.07 Å². The van der Waals surface area contributed by atoms with Gasteiger partial charge < -0.3 is 14.7 Å². The summed E-state index contributed by atoms with van der Waals surface area (Å²) < 4.78 is 6.26. The number of pyridine rings is 1. The second-order valence-corrected chi connectivity index (χ2v) is 8.36. The van der Waals surface area contributed by atoms with Gasteiger partial charge in [0.25, 0.3) is 0 Å². The molecule has 3 atom stereocenters. The molecule has 1 saturated heterocycles. The molecule has 0 radical (unpaired) electrons. The van der Waals surface area contributed by atoms with Crippen LogP contribution in [0.3, 0.4) is 0 Å². The first-order valence-corrected chi connectivity index (χ1v) is 8.82. The maximum Gasteiger partial charge on any atom is 0.410 e. The predicted molar refractivity (Wildman–Crippen MR) is 89.9 cm³/mol. The quantitative estimate of drug-likeness (QED) is 0.755. The fourth-order valence-electron chi connectivity index (χ4n) is 3.68. The summed E-state index contributed by atoms with van der Waals surface area (Å²) in [4.78, 5) is 18.4. The normalized spacial score (nSPS) is 30.4. The van der Waals surface area contributed by atoms with Crippen LogP contribution < -0.4 is 0 Å². The summed E-state index contributed by atoms with van der Waals surface area (Å²) in [5, 5.41) is 11.2. The fourth-order valence-corrected chi connectivity index (χ4v) is 3.92. The summed E-state index contributed by atoms with van der Waals surface area (Å²) in [6, 6.07) is 3.92. The lowest BCUT2D eigenvalue weighted by molar-refractivity contribution is -0.0392. The monoisotopic (exact) mass is 382 g/mol. The number of ether oxygens (including phenoxy) is 1. The van der Waals surface area contributed by atoms with Crippen LogP contribution in [0.25, 0.3) is 0 Å². The minimum atomic E-state index is -0.916. The predicted octanol–water partition coefficient (Wildman–Crippen LogP) is 3.45. The molecule has 2 aliphatic rings. The van der Waals surface area contributed by atoms with Gasteiger partial charge in [0.15, 0.2) is 0 Å². The number of likely N-dealkylation sites (tertiary alicyclic amines) is 1. The SMILES string of the molecule is CC(C)(C)OC(=O)N1CC2CC1CCC2(O)c1ccc(Br)nc1. The van der Waals surface area contributed by atoms with Crippen molar-refractivity contribution in [2.24, 2.45) is 5.92 Å². The Balaban J connectivity index is 1.78. The molecule has 2 bridgehead atoms. The van der Waals surface area contributed by atoms with Crippen LogP contribution >= 0.6 is 15.9 Å². The Morgan fingerprint density at radius 2 is 2.22 bits per heavy atom. The number of carbonyl (C=O) groups excluding carboxylic acids is 1. The van der Waals surface area contributed by atoms with E-state index in [9.17, 15) is 9.90 Å². The minimum Gasteiger partial charge on any atom is -0.444 e. The number of halogens is 1. The topological polar surface area (TPSA) is 62.7 Å². The zero-order chi connectivity index (χ0) is 16.8. The summed E-state index contributed by atoms with van der Waals surface area (Å²) in [6.45, 7) is 6.15. The second-order valence-electron chi connectivity index (χ2n) is 7.55. The highest BCUT2D eigenvalue weighted by molar-refractivity contribution is 9.10. The molecule has 3 unspecified atom stereocenters. The Labute approximate surface area is 145 Å². The summed E-state index contributed by atoms with van der Waals surface area (Å²) >= 11 is 3.32. The molecule has 2 fully saturated rings. The highest BCUT2D eigenvalue weighted by Crippen LogP contribution is 2.47. The number of carbonyl (C=O) groups is 1. The van der Waals surface area contributed by atoms with Crippen molar-refractivity contribution in [2.45, 2.75) is 57.3 Å². The molecule has 1 N–H and O–H groups in total. The van der Waals surface area contributed by atoms with E-state index in [0.717, 1.165) is 23.0 Å². The highest BCUT2D eigenvalue weighted by Gasteiger charge is 2.52. The van der Waals surface area contributed by atoms with E-state index in [4.69, 9.17) is 4.74 Å². The fraction of sp³-hybridized carbons (Fsp3) is 0.647. The molecule has 0 aromatic carbocycles. The number of fused-ring (bicyclic) bond motifs is 2. The molecule has 126 valence electrons. The molecular weight excluding hydrogens is 360 g/mol. The lowest BCUT2D eigenvalue weighted by atomic mass is 9.73. The van der Waals surface area contributed by atoms with Crippen molar-refractivity contribution in [3.05, 3.63) is 28.5 Å². The molecule has 3 rings (SSSR count). The first kappa shape index (κ1) is 16.7. The average Bonchev–Trinajstić information content (AvgIpc) is 2.83. The first-order chi connectivity index (χ1) is 10.7. The van der Waals surface area contributed by atoms with Crippen molar-refractivity contribution in [1.82, 2.24) is 9.88 Å². The van der Waals surface area contributed by atoms with E-state index in [1.165, 1.54) is 0 Å². The van der Waals surface area contributed by atoms with Gasteiger partial charge in [0, 0.05) is 30.3 Å². The summed E-state index contributed by atoms with van der Waals surface area (Å²) in [7, 11) is 0. The zero-order valence-electron chi connectivity index (χ0n) is 13.8. The van der Waals surface area contributed by atoms with E-state index in [1.807, 2.05) is 32.9 Å². The third-order valence-corrected chi connectivity index (χ3v) is 5.27. The Bertz CT molecular complexity index is 599. The standard InChI is InChI=1S/C17H23BrN2O3/c1-16(2,3)23-15(21)20-10-12-8-13(20)6-7-17(12,22)11-4-5-14(18)19-9-11/h4-5,9,12-13,22H,6-8,10H2,1-3H3. The Morgan fingerprint density at radius 3 is 2.83 bits per heavy atom. The number of amides is 1. The third-order valence-electron chi connectivity index (χ3n) is 4.80. The van der Waals surface area contributed by atoms with Crippen molar-refractivity contribution < 1.29 is 14.6 Å². The van der Waals surface area contributed by atoms with Gasteiger partial charge in [-0.2, -0.15) is 0 Å². The summed E-state index contributed by atoms with van der Waals surface area (Å²) in [5.41, 5.74) is -0.587. The van der Waals surface area contributed by atoms with Gasteiger partial charge in [0.2, 0.25) is 0 Å². The molecule has 23 heavy (non-hydrogen) atoms. The van der Waals surface area contributed by atoms with E-state index < -0.39 is 11.2 Å². The highest BCUT2D eigenvalue weighted by atomic mass is 79.9. The van der Waals surface area contributed by atoms with Gasteiger partial charge in [0.05, 0.1) is 5.60 Å². The van der Waals surface area contributed by atoms with E-state index in [0.29, 0.717) is 13.0 Å². The van der Waals surface area contributed by atoms with E-state index >= 15 is 0 Å². The number of rotatable bonds is 1. The van der Waals surface area contributed by atoms with Gasteiger partial charge >= 0.3 is 6.09 Å². The maximum atomic E-state index is 12.4. The number of nitrogens with zero attached hydrogens (tertiary/aromatic N) is 2. The summed E-state index contributed by atoms with van der Waals surface area (Å²) in [6.07, 6.45) is 3.68. The van der Waals surface area contributed by atoms with Crippen LogP contribution in [-0.2, 0) is 10.3 Å². The van der Waals surface area contributed by atoms with Crippen LogP contribution in [0.15, 0.2) is 22.9 Å². The van der Waals surface area contributed by atoms with Crippen LogP contribution in [-0.4, -0.2) is 39.3 Å². The molecule has 1 aliphatic heterocycles. The minimum absolute atomic E-state index is 0.0248. The molecule has 0 spiro atoms. The van der Waals surface area contributed by atoms with Gasteiger partial charge in [-0.3, -0.25) is 0 Å². The third kappa shape index (κ3) is 3.24. The van der Waals surface area contributed by atoms with E-state index in [1.54, 1.807) is 11.1 Å². The van der Waals surface area contributed by atoms with Crippen molar-refractivity contribution in [3.63, 3.8) is 0 Å². The van der Waals surface area contributed by atoms with Gasteiger partial charge in [-0.15, -0.1) is 0 Å². The zero-order valence-corrected chi connectivity index (χ0v) is 15.3. The van der Waals surface area contributed by atoms with Crippen LogP contribution in [0.4, 0.5) is 4.79 Å². The smallest absolute Gasteiger partial charge is 0.410 e. The maximum absolute atomic E-state index is 12.4. The molecule has 1 amide bonds. The average molecular weight is 383 g/mol. The molecule has 1 aromatic heterocycles. The van der Waals surface area contributed by atoms with Crippen molar-refractivity contribution in [1.29, 1.82) is 0 Å². The molecule has 6 heteroatoms. The number of aromatic nitrogens is 1. The number of hydrogen-bond acceptors (Lipinski definition) is 4. The van der Waals surface area contributed by atoms with Crippen molar-refractivity contribution >= 4 is 22.0 Å². The lowest BCUT2D eigenvalue weighted by Crippen LogP contribution is -2.39. The molecular formula is C17H23BrN2O3. The molecule has 1 aromatic rings. The molecule has 1 saturated carbocycles. The van der Waals surface area contributed by atoms with Crippen LogP contribution in [0, 0.1) is 5.92 Å². The van der Waals surface area contributed by atoms with E-state index in [-0.39, 0.29) is 18.1 Å². The van der Waals surface area contributed by atoms with Crippen molar-refractivity contribution in [3.8, 4) is 0 Å². The van der Waals surface area contributed by atoms with Crippen LogP contribution in [0.5, 0.6) is 0 Å². The molecule has 1 aliphatic carbocycles. The second kappa shape index (κ2) is 5.74. The van der Waals surface area contributed by atoms with Gasteiger partial charge in [-0.05, 0) is 62.0 Å². The largest absolute Gasteiger partial charge is 0.444 e. The van der Waals surface area contributed by atoms with Crippen LogP contribution in [0.2, 0.25) is 0 Å². The number of aliphatic hydroxyl groups is 1. The Hall–Kier alpha value is -1.14. The van der Waals surface area contributed by atoms with Gasteiger partial charge in [0.1, 0.15) is 10.2 Å². The van der Waals surface area contributed by atoms with Gasteiger partial charge in [-0.25, -0.2) is 9.78 Å². The lowest BCUT2D eigenvalue weighted by Gasteiger charge is -2.37.